The molecule has 0 aliphatic carbocycles. The zero-order valence-electron chi connectivity index (χ0n) is 8.86. The van der Waals surface area contributed by atoms with Crippen molar-refractivity contribution in [2.24, 2.45) is 0 Å². The van der Waals surface area contributed by atoms with Crippen LogP contribution < -0.4 is 5.32 Å². The van der Waals surface area contributed by atoms with E-state index in [0.717, 1.165) is 6.07 Å². The molecule has 1 atom stereocenters. The number of nitrogens with one attached hydrogen (secondary N) is 1. The number of hydrogen-bond donors (Lipinski definition) is 1. The summed E-state index contributed by atoms with van der Waals surface area (Å²) in [6, 6.07) is 2.59. The van der Waals surface area contributed by atoms with E-state index < -0.39 is 11.6 Å². The summed E-state index contributed by atoms with van der Waals surface area (Å²) in [5, 5.41) is 3.03. The normalized spacial score (nSPS) is 12.2. The molecule has 1 unspecified atom stereocenters. The molecule has 86 valence electrons. The molecule has 0 aliphatic rings. The van der Waals surface area contributed by atoms with Gasteiger partial charge in [-0.15, -0.1) is 12.3 Å². The Morgan fingerprint density at radius 3 is 2.75 bits per heavy atom. The largest absolute Gasteiger partial charge is 0.313 e. The van der Waals surface area contributed by atoms with Gasteiger partial charge in [0.25, 0.3) is 0 Å². The predicted molar refractivity (Wildman–Crippen MR) is 63.9 cm³/mol. The maximum atomic E-state index is 13.3. The Balaban J connectivity index is 3.02. The van der Waals surface area contributed by atoms with Gasteiger partial charge in [0.2, 0.25) is 0 Å². The van der Waals surface area contributed by atoms with Gasteiger partial charge in [-0.25, -0.2) is 8.78 Å². The zero-order chi connectivity index (χ0) is 12.1. The van der Waals surface area contributed by atoms with E-state index in [1.54, 1.807) is 13.1 Å². The Bertz CT molecular complexity index is 412. The minimum absolute atomic E-state index is 0.0828. The third-order valence-corrected chi connectivity index (χ3v) is 3.17. The van der Waals surface area contributed by atoms with Gasteiger partial charge in [-0.2, -0.15) is 0 Å². The first-order valence-electron chi connectivity index (χ1n) is 4.86. The van der Waals surface area contributed by atoms with E-state index in [-0.39, 0.29) is 10.5 Å². The Hall–Kier alpha value is -0.920. The second kappa shape index (κ2) is 5.97. The van der Waals surface area contributed by atoms with Gasteiger partial charge >= 0.3 is 0 Å². The van der Waals surface area contributed by atoms with Gasteiger partial charge < -0.3 is 5.32 Å². The van der Waals surface area contributed by atoms with Crippen LogP contribution in [0.3, 0.4) is 0 Å². The molecule has 1 nitrogen and oxygen atoms in total. The van der Waals surface area contributed by atoms with Crippen molar-refractivity contribution in [3.05, 3.63) is 33.8 Å². The van der Waals surface area contributed by atoms with Gasteiger partial charge in [-0.05, 0) is 41.0 Å². The van der Waals surface area contributed by atoms with E-state index in [9.17, 15) is 8.78 Å². The molecule has 0 aliphatic heterocycles. The van der Waals surface area contributed by atoms with Crippen molar-refractivity contribution in [1.82, 2.24) is 5.32 Å². The fourth-order valence-electron chi connectivity index (χ4n) is 1.49. The highest BCUT2D eigenvalue weighted by Gasteiger charge is 2.17. The van der Waals surface area contributed by atoms with Crippen LogP contribution >= 0.6 is 15.9 Å². The van der Waals surface area contributed by atoms with Crippen molar-refractivity contribution < 1.29 is 8.78 Å². The predicted octanol–water partition coefficient (Wildman–Crippen LogP) is 3.40. The Morgan fingerprint density at radius 2 is 2.19 bits per heavy atom. The highest BCUT2D eigenvalue weighted by Crippen LogP contribution is 2.29. The molecule has 0 radical (unpaired) electrons. The minimum atomic E-state index is -0.863. The standard InChI is InChI=1S/C12H12BrF2N/c1-3-4-5-10(16-2)8-6-7-9(14)12(15)11(8)13/h1,6-7,10,16H,4-5H2,2H3. The molecule has 0 spiro atoms. The average molecular weight is 288 g/mol. The molecule has 0 bridgehead atoms. The topological polar surface area (TPSA) is 12.0 Å². The van der Waals surface area contributed by atoms with E-state index in [1.165, 1.54) is 0 Å². The molecule has 1 aromatic carbocycles. The van der Waals surface area contributed by atoms with Gasteiger partial charge in [-0.3, -0.25) is 0 Å². The molecule has 0 saturated heterocycles. The molecule has 0 amide bonds. The van der Waals surface area contributed by atoms with E-state index in [2.05, 4.69) is 27.2 Å². The Labute approximate surface area is 102 Å². The first kappa shape index (κ1) is 13.1. The number of terminal acetylenes is 1. The van der Waals surface area contributed by atoms with Gasteiger partial charge in [0.1, 0.15) is 0 Å². The third kappa shape index (κ3) is 2.81. The molecular formula is C12H12BrF2N. The summed E-state index contributed by atoms with van der Waals surface area (Å²) in [5.74, 6) is 0.803. The minimum Gasteiger partial charge on any atom is -0.313 e. The molecule has 1 aromatic rings. The first-order chi connectivity index (χ1) is 7.61. The second-order valence-corrected chi connectivity index (χ2v) is 4.14. The molecule has 1 rings (SSSR count). The number of halogens is 3. The summed E-state index contributed by atoms with van der Waals surface area (Å²) < 4.78 is 26.4. The number of benzene rings is 1. The third-order valence-electron chi connectivity index (χ3n) is 2.37. The van der Waals surface area contributed by atoms with Crippen LogP contribution in [0.15, 0.2) is 16.6 Å². The number of rotatable bonds is 4. The lowest BCUT2D eigenvalue weighted by molar-refractivity contribution is 0.492. The molecule has 16 heavy (non-hydrogen) atoms. The molecule has 0 heterocycles. The lowest BCUT2D eigenvalue weighted by atomic mass is 10.0. The van der Waals surface area contributed by atoms with Gasteiger partial charge in [0.15, 0.2) is 11.6 Å². The average Bonchev–Trinajstić information content (AvgIpc) is 2.29. The number of hydrogen-bond acceptors (Lipinski definition) is 1. The van der Waals surface area contributed by atoms with Crippen LogP contribution in [0.2, 0.25) is 0 Å². The van der Waals surface area contributed by atoms with Crippen LogP contribution in [0, 0.1) is 24.0 Å². The van der Waals surface area contributed by atoms with Crippen molar-refractivity contribution >= 4 is 15.9 Å². The molecule has 0 saturated carbocycles. The van der Waals surface area contributed by atoms with Crippen LogP contribution in [0.25, 0.3) is 0 Å². The zero-order valence-corrected chi connectivity index (χ0v) is 10.4. The summed E-state index contributed by atoms with van der Waals surface area (Å²) in [6.07, 6.45) is 6.44. The second-order valence-electron chi connectivity index (χ2n) is 3.35. The van der Waals surface area contributed by atoms with Gasteiger partial charge in [0, 0.05) is 12.5 Å². The van der Waals surface area contributed by atoms with Crippen LogP contribution in [-0.2, 0) is 0 Å². The van der Waals surface area contributed by atoms with E-state index in [1.807, 2.05) is 0 Å². The Morgan fingerprint density at radius 1 is 1.50 bits per heavy atom. The summed E-state index contributed by atoms with van der Waals surface area (Å²) >= 11 is 3.06. The lowest BCUT2D eigenvalue weighted by Crippen LogP contribution is -2.17. The van der Waals surface area contributed by atoms with Crippen LogP contribution in [0.5, 0.6) is 0 Å². The Kier molecular flexibility index (Phi) is 4.91. The van der Waals surface area contributed by atoms with Gasteiger partial charge in [0.05, 0.1) is 4.47 Å². The van der Waals surface area contributed by atoms with Crippen molar-refractivity contribution in [2.45, 2.75) is 18.9 Å². The van der Waals surface area contributed by atoms with Crippen molar-refractivity contribution in [1.29, 1.82) is 0 Å². The summed E-state index contributed by atoms with van der Waals surface area (Å²) in [6.45, 7) is 0. The van der Waals surface area contributed by atoms with Crippen molar-refractivity contribution in [3.8, 4) is 12.3 Å². The maximum absolute atomic E-state index is 13.3. The summed E-state index contributed by atoms with van der Waals surface area (Å²) in [5.41, 5.74) is 0.677. The molecule has 0 aromatic heterocycles. The molecular weight excluding hydrogens is 276 g/mol. The van der Waals surface area contributed by atoms with Crippen molar-refractivity contribution in [2.75, 3.05) is 7.05 Å². The fraction of sp³-hybridized carbons (Fsp3) is 0.333. The van der Waals surface area contributed by atoms with Crippen LogP contribution in [0.1, 0.15) is 24.4 Å². The van der Waals surface area contributed by atoms with E-state index in [0.29, 0.717) is 18.4 Å². The maximum Gasteiger partial charge on any atom is 0.173 e. The smallest absolute Gasteiger partial charge is 0.173 e. The SMILES string of the molecule is C#CCCC(NC)c1ccc(F)c(F)c1Br. The lowest BCUT2D eigenvalue weighted by Gasteiger charge is -2.17. The summed E-state index contributed by atoms with van der Waals surface area (Å²) in [4.78, 5) is 0. The highest BCUT2D eigenvalue weighted by atomic mass is 79.9. The molecule has 0 fully saturated rings. The van der Waals surface area contributed by atoms with Crippen molar-refractivity contribution in [3.63, 3.8) is 0 Å². The van der Waals surface area contributed by atoms with Crippen LogP contribution in [0.4, 0.5) is 8.78 Å². The molecule has 1 N–H and O–H groups in total. The van der Waals surface area contributed by atoms with E-state index in [4.69, 9.17) is 6.42 Å². The highest BCUT2D eigenvalue weighted by molar-refractivity contribution is 9.10. The fourth-order valence-corrected chi connectivity index (χ4v) is 2.09. The summed E-state index contributed by atoms with van der Waals surface area (Å²) in [7, 11) is 1.76. The molecule has 4 heteroatoms. The first-order valence-corrected chi connectivity index (χ1v) is 5.65. The monoisotopic (exact) mass is 287 g/mol. The van der Waals surface area contributed by atoms with Crippen LogP contribution in [-0.4, -0.2) is 7.05 Å². The quantitative estimate of drug-likeness (QED) is 0.661. The van der Waals surface area contributed by atoms with E-state index >= 15 is 0 Å². The van der Waals surface area contributed by atoms with Gasteiger partial charge in [-0.1, -0.05) is 6.07 Å².